The van der Waals surface area contributed by atoms with Crippen molar-refractivity contribution in [3.63, 3.8) is 0 Å². The van der Waals surface area contributed by atoms with Gasteiger partial charge in [-0.05, 0) is 12.1 Å². The summed E-state index contributed by atoms with van der Waals surface area (Å²) in [5, 5.41) is 2.87. The molecule has 0 atom stereocenters. The van der Waals surface area contributed by atoms with Crippen LogP contribution >= 0.6 is 11.6 Å². The van der Waals surface area contributed by atoms with Gasteiger partial charge >= 0.3 is 0 Å². The molecule has 2 aromatic rings. The predicted octanol–water partition coefficient (Wildman–Crippen LogP) is 1.24. The molecule has 0 bridgehead atoms. The van der Waals surface area contributed by atoms with Crippen LogP contribution in [0.4, 0.5) is 5.82 Å². The largest absolute Gasteiger partial charge is 0.325 e. The number of hydrogen-bond acceptors (Lipinski definition) is 5. The molecule has 2 heterocycles. The second-order valence-corrected chi connectivity index (χ2v) is 3.81. The highest BCUT2D eigenvalue weighted by Gasteiger charge is 2.08. The molecule has 0 aliphatic rings. The average Bonchev–Trinajstić information content (AvgIpc) is 2.39. The molecular formula is C11H10ClN5O. The van der Waals surface area contributed by atoms with Gasteiger partial charge in [0.1, 0.15) is 17.3 Å². The first-order valence-electron chi connectivity index (χ1n) is 5.13. The molecule has 92 valence electrons. The van der Waals surface area contributed by atoms with Crippen LogP contribution in [-0.4, -0.2) is 20.9 Å². The van der Waals surface area contributed by atoms with E-state index >= 15 is 0 Å². The third-order valence-electron chi connectivity index (χ3n) is 2.16. The van der Waals surface area contributed by atoms with Crippen molar-refractivity contribution in [3.05, 3.63) is 47.1 Å². The number of pyridine rings is 1. The number of nitrogens with two attached hydrogens (primary N) is 1. The van der Waals surface area contributed by atoms with Crippen LogP contribution in [0.25, 0.3) is 0 Å². The predicted molar refractivity (Wildman–Crippen MR) is 67.1 cm³/mol. The third kappa shape index (κ3) is 2.99. The average molecular weight is 264 g/mol. The van der Waals surface area contributed by atoms with Crippen LogP contribution in [0.3, 0.4) is 0 Å². The van der Waals surface area contributed by atoms with E-state index in [0.717, 1.165) is 0 Å². The summed E-state index contributed by atoms with van der Waals surface area (Å²) in [6.07, 6.45) is 2.81. The Bertz CT molecular complexity index is 575. The molecule has 3 N–H and O–H groups in total. The molecule has 0 aliphatic heterocycles. The summed E-state index contributed by atoms with van der Waals surface area (Å²) < 4.78 is 0. The van der Waals surface area contributed by atoms with Crippen LogP contribution in [0.1, 0.15) is 16.1 Å². The highest BCUT2D eigenvalue weighted by molar-refractivity contribution is 6.29. The number of nitrogens with one attached hydrogen (secondary N) is 1. The molecule has 0 aliphatic carbocycles. The molecule has 0 unspecified atom stereocenters. The standard InChI is InChI=1S/C11H10ClN5O/c12-9-4-10(16-6-15-9)17-11(18)7-1-2-14-8(3-7)5-13/h1-4,6H,5,13H2,(H,15,16,17,18). The number of nitrogens with zero attached hydrogens (tertiary/aromatic N) is 3. The first kappa shape index (κ1) is 12.4. The monoisotopic (exact) mass is 263 g/mol. The SMILES string of the molecule is NCc1cc(C(=O)Nc2cc(Cl)ncn2)ccn1. The van der Waals surface area contributed by atoms with Gasteiger partial charge in [-0.3, -0.25) is 9.78 Å². The second-order valence-electron chi connectivity index (χ2n) is 3.42. The minimum absolute atomic E-state index is 0.262. The number of amides is 1. The van der Waals surface area contributed by atoms with Crippen molar-refractivity contribution in [1.29, 1.82) is 0 Å². The molecule has 0 saturated heterocycles. The van der Waals surface area contributed by atoms with E-state index in [-0.39, 0.29) is 17.6 Å². The zero-order valence-corrected chi connectivity index (χ0v) is 10.1. The van der Waals surface area contributed by atoms with E-state index in [1.807, 2.05) is 0 Å². The molecule has 0 saturated carbocycles. The molecule has 2 aromatic heterocycles. The van der Waals surface area contributed by atoms with Crippen LogP contribution in [0.15, 0.2) is 30.7 Å². The molecule has 6 nitrogen and oxygen atoms in total. The molecule has 0 radical (unpaired) electrons. The molecule has 18 heavy (non-hydrogen) atoms. The van der Waals surface area contributed by atoms with Crippen molar-refractivity contribution in [2.45, 2.75) is 6.54 Å². The smallest absolute Gasteiger partial charge is 0.256 e. The third-order valence-corrected chi connectivity index (χ3v) is 2.37. The molecule has 1 amide bonds. The van der Waals surface area contributed by atoms with Crippen molar-refractivity contribution in [2.75, 3.05) is 5.32 Å². The van der Waals surface area contributed by atoms with E-state index in [9.17, 15) is 4.79 Å². The van der Waals surface area contributed by atoms with Gasteiger partial charge in [0.2, 0.25) is 0 Å². The fourth-order valence-corrected chi connectivity index (χ4v) is 1.47. The maximum absolute atomic E-state index is 11.9. The summed E-state index contributed by atoms with van der Waals surface area (Å²) in [6, 6.07) is 4.68. The number of carbonyl (C=O) groups excluding carboxylic acids is 1. The Morgan fingerprint density at radius 1 is 1.33 bits per heavy atom. The molecule has 7 heteroatoms. The lowest BCUT2D eigenvalue weighted by Crippen LogP contribution is -2.14. The number of anilines is 1. The van der Waals surface area contributed by atoms with Crippen molar-refractivity contribution < 1.29 is 4.79 Å². The van der Waals surface area contributed by atoms with Gasteiger partial charge in [0, 0.05) is 24.4 Å². The van der Waals surface area contributed by atoms with Gasteiger partial charge in [0.15, 0.2) is 0 Å². The number of rotatable bonds is 3. The Balaban J connectivity index is 2.16. The molecule has 0 fully saturated rings. The summed E-state index contributed by atoms with van der Waals surface area (Å²) >= 11 is 5.69. The minimum Gasteiger partial charge on any atom is -0.325 e. The molecule has 2 rings (SSSR count). The van der Waals surface area contributed by atoms with Gasteiger partial charge < -0.3 is 11.1 Å². The lowest BCUT2D eigenvalue weighted by Gasteiger charge is -2.05. The Hall–Kier alpha value is -2.05. The molecule has 0 aromatic carbocycles. The van der Waals surface area contributed by atoms with E-state index in [2.05, 4.69) is 20.3 Å². The Kier molecular flexibility index (Phi) is 3.81. The van der Waals surface area contributed by atoms with Crippen molar-refractivity contribution in [1.82, 2.24) is 15.0 Å². The summed E-state index contributed by atoms with van der Waals surface area (Å²) in [4.78, 5) is 23.5. The van der Waals surface area contributed by atoms with Crippen molar-refractivity contribution in [2.24, 2.45) is 5.73 Å². The lowest BCUT2D eigenvalue weighted by molar-refractivity contribution is 0.102. The minimum atomic E-state index is -0.304. The van der Waals surface area contributed by atoms with Crippen LogP contribution < -0.4 is 11.1 Å². The van der Waals surface area contributed by atoms with Gasteiger partial charge in [-0.2, -0.15) is 0 Å². The van der Waals surface area contributed by atoms with Gasteiger partial charge in [-0.15, -0.1) is 0 Å². The number of hydrogen-bond donors (Lipinski definition) is 2. The maximum Gasteiger partial charge on any atom is 0.256 e. The van der Waals surface area contributed by atoms with E-state index < -0.39 is 0 Å². The molecular weight excluding hydrogens is 254 g/mol. The van der Waals surface area contributed by atoms with Crippen LogP contribution in [-0.2, 0) is 6.54 Å². The number of aromatic nitrogens is 3. The van der Waals surface area contributed by atoms with E-state index in [1.54, 1.807) is 12.1 Å². The maximum atomic E-state index is 11.9. The quantitative estimate of drug-likeness (QED) is 0.813. The van der Waals surface area contributed by atoms with Gasteiger partial charge in [-0.1, -0.05) is 11.6 Å². The zero-order valence-electron chi connectivity index (χ0n) is 9.30. The molecule has 0 spiro atoms. The Morgan fingerprint density at radius 2 is 2.17 bits per heavy atom. The summed E-state index contributed by atoms with van der Waals surface area (Å²) in [7, 11) is 0. The van der Waals surface area contributed by atoms with Crippen LogP contribution in [0, 0.1) is 0 Å². The normalized spacial score (nSPS) is 10.1. The summed E-state index contributed by atoms with van der Waals surface area (Å²) in [5.74, 6) is 0.0352. The first-order valence-corrected chi connectivity index (χ1v) is 5.50. The highest BCUT2D eigenvalue weighted by Crippen LogP contribution is 2.10. The van der Waals surface area contributed by atoms with Gasteiger partial charge in [0.25, 0.3) is 5.91 Å². The first-order chi connectivity index (χ1) is 8.69. The van der Waals surface area contributed by atoms with Crippen molar-refractivity contribution in [3.8, 4) is 0 Å². The second kappa shape index (κ2) is 5.52. The number of carbonyl (C=O) groups is 1. The van der Waals surface area contributed by atoms with E-state index in [0.29, 0.717) is 17.1 Å². The van der Waals surface area contributed by atoms with Crippen molar-refractivity contribution >= 4 is 23.3 Å². The Morgan fingerprint density at radius 3 is 2.89 bits per heavy atom. The summed E-state index contributed by atoms with van der Waals surface area (Å²) in [5.41, 5.74) is 6.56. The fourth-order valence-electron chi connectivity index (χ4n) is 1.32. The van der Waals surface area contributed by atoms with Gasteiger partial charge in [0.05, 0.1) is 5.69 Å². The topological polar surface area (TPSA) is 93.8 Å². The van der Waals surface area contributed by atoms with E-state index in [4.69, 9.17) is 17.3 Å². The lowest BCUT2D eigenvalue weighted by atomic mass is 10.2. The van der Waals surface area contributed by atoms with E-state index in [1.165, 1.54) is 18.6 Å². The van der Waals surface area contributed by atoms with Gasteiger partial charge in [-0.25, -0.2) is 9.97 Å². The Labute approximate surface area is 108 Å². The highest BCUT2D eigenvalue weighted by atomic mass is 35.5. The fraction of sp³-hybridized carbons (Fsp3) is 0.0909. The summed E-state index contributed by atoms with van der Waals surface area (Å²) in [6.45, 7) is 0.278. The van der Waals surface area contributed by atoms with Crippen LogP contribution in [0.2, 0.25) is 5.15 Å². The number of halogens is 1. The zero-order chi connectivity index (χ0) is 13.0. The van der Waals surface area contributed by atoms with Crippen LogP contribution in [0.5, 0.6) is 0 Å².